The SMILES string of the molecule is OC12CCCCC1CN(c1nc3ccccc3s1)CC2. The fraction of sp³-hybridized carbons (Fsp3) is 0.562. The fourth-order valence-corrected chi connectivity index (χ4v) is 4.74. The number of hydrogen-bond donors (Lipinski definition) is 1. The number of aromatic nitrogens is 1. The summed E-state index contributed by atoms with van der Waals surface area (Å²) in [6.07, 6.45) is 5.51. The smallest absolute Gasteiger partial charge is 0.186 e. The maximum absolute atomic E-state index is 10.8. The largest absolute Gasteiger partial charge is 0.389 e. The van der Waals surface area contributed by atoms with Crippen LogP contribution in [0.1, 0.15) is 32.1 Å². The van der Waals surface area contributed by atoms with E-state index in [1.165, 1.54) is 17.5 Å². The van der Waals surface area contributed by atoms with Gasteiger partial charge in [0.1, 0.15) is 0 Å². The highest BCUT2D eigenvalue weighted by atomic mass is 32.1. The van der Waals surface area contributed by atoms with Crippen molar-refractivity contribution in [1.29, 1.82) is 0 Å². The number of benzene rings is 1. The number of anilines is 1. The summed E-state index contributed by atoms with van der Waals surface area (Å²) in [5.41, 5.74) is 0.697. The summed E-state index contributed by atoms with van der Waals surface area (Å²) in [4.78, 5) is 7.14. The lowest BCUT2D eigenvalue weighted by atomic mass is 9.71. The van der Waals surface area contributed by atoms with Crippen molar-refractivity contribution in [2.24, 2.45) is 5.92 Å². The van der Waals surface area contributed by atoms with Gasteiger partial charge in [0.2, 0.25) is 0 Å². The first-order chi connectivity index (χ1) is 9.74. The molecule has 1 N–H and O–H groups in total. The van der Waals surface area contributed by atoms with Crippen LogP contribution in [0.5, 0.6) is 0 Å². The Bertz CT molecular complexity index is 593. The van der Waals surface area contributed by atoms with Crippen molar-refractivity contribution in [2.45, 2.75) is 37.7 Å². The molecule has 2 aliphatic rings. The molecule has 1 saturated heterocycles. The van der Waals surface area contributed by atoms with Crippen LogP contribution in [0.4, 0.5) is 5.13 Å². The van der Waals surface area contributed by atoms with Crippen LogP contribution in [0.15, 0.2) is 24.3 Å². The fourth-order valence-electron chi connectivity index (χ4n) is 3.74. The van der Waals surface area contributed by atoms with E-state index in [9.17, 15) is 5.11 Å². The number of para-hydroxylation sites is 1. The summed E-state index contributed by atoms with van der Waals surface area (Å²) >= 11 is 1.78. The lowest BCUT2D eigenvalue weighted by molar-refractivity contribution is -0.0612. The molecule has 0 amide bonds. The molecule has 2 heterocycles. The first-order valence-electron chi connectivity index (χ1n) is 7.57. The summed E-state index contributed by atoms with van der Waals surface area (Å²) in [7, 11) is 0. The second-order valence-electron chi connectivity index (χ2n) is 6.21. The first kappa shape index (κ1) is 12.6. The molecule has 20 heavy (non-hydrogen) atoms. The van der Waals surface area contributed by atoms with E-state index < -0.39 is 5.60 Å². The summed E-state index contributed by atoms with van der Waals surface area (Å²) in [6.45, 7) is 1.91. The average Bonchev–Trinajstić information content (AvgIpc) is 2.90. The third kappa shape index (κ3) is 2.02. The van der Waals surface area contributed by atoms with Crippen molar-refractivity contribution >= 4 is 26.7 Å². The van der Waals surface area contributed by atoms with Crippen LogP contribution in [-0.4, -0.2) is 28.8 Å². The molecular weight excluding hydrogens is 268 g/mol. The molecule has 4 heteroatoms. The van der Waals surface area contributed by atoms with Gasteiger partial charge >= 0.3 is 0 Å². The molecule has 2 fully saturated rings. The predicted molar refractivity (Wildman–Crippen MR) is 83.4 cm³/mol. The van der Waals surface area contributed by atoms with E-state index in [0.29, 0.717) is 5.92 Å². The van der Waals surface area contributed by atoms with Crippen molar-refractivity contribution < 1.29 is 5.11 Å². The number of piperidine rings is 1. The average molecular weight is 288 g/mol. The number of aliphatic hydroxyl groups is 1. The molecule has 1 aromatic carbocycles. The third-order valence-corrected chi connectivity index (χ3v) is 6.08. The zero-order valence-corrected chi connectivity index (χ0v) is 12.4. The molecule has 0 bridgehead atoms. The normalized spacial score (nSPS) is 30.4. The van der Waals surface area contributed by atoms with Gasteiger partial charge in [-0.3, -0.25) is 0 Å². The lowest BCUT2D eigenvalue weighted by Gasteiger charge is -2.47. The van der Waals surface area contributed by atoms with E-state index in [-0.39, 0.29) is 0 Å². The Morgan fingerprint density at radius 2 is 2.15 bits per heavy atom. The highest BCUT2D eigenvalue weighted by Gasteiger charge is 2.43. The van der Waals surface area contributed by atoms with Crippen LogP contribution in [0.25, 0.3) is 10.2 Å². The van der Waals surface area contributed by atoms with Gasteiger partial charge in [-0.1, -0.05) is 36.3 Å². The van der Waals surface area contributed by atoms with Gasteiger partial charge in [0.05, 0.1) is 15.8 Å². The summed E-state index contributed by atoms with van der Waals surface area (Å²) in [6, 6.07) is 8.33. The van der Waals surface area contributed by atoms with Gasteiger partial charge in [-0.05, 0) is 31.4 Å². The lowest BCUT2D eigenvalue weighted by Crippen LogP contribution is -2.53. The van der Waals surface area contributed by atoms with Crippen molar-refractivity contribution in [2.75, 3.05) is 18.0 Å². The van der Waals surface area contributed by atoms with E-state index in [4.69, 9.17) is 4.98 Å². The van der Waals surface area contributed by atoms with Gasteiger partial charge in [-0.2, -0.15) is 0 Å². The summed E-state index contributed by atoms with van der Waals surface area (Å²) < 4.78 is 1.26. The quantitative estimate of drug-likeness (QED) is 0.873. The van der Waals surface area contributed by atoms with Gasteiger partial charge in [0.15, 0.2) is 5.13 Å². The van der Waals surface area contributed by atoms with Crippen molar-refractivity contribution in [1.82, 2.24) is 4.98 Å². The Hall–Kier alpha value is -1.13. The zero-order chi connectivity index (χ0) is 13.6. The standard InChI is InChI=1S/C16H20N2OS/c19-16-8-4-3-5-12(16)11-18(10-9-16)15-17-13-6-1-2-7-14(13)20-15/h1-2,6-7,12,19H,3-5,8-11H2. The van der Waals surface area contributed by atoms with Gasteiger partial charge in [0, 0.05) is 19.0 Å². The van der Waals surface area contributed by atoms with Crippen molar-refractivity contribution in [3.8, 4) is 0 Å². The minimum absolute atomic E-state index is 0.397. The summed E-state index contributed by atoms with van der Waals surface area (Å²) in [5, 5.41) is 11.9. The molecule has 2 atom stereocenters. The molecule has 1 saturated carbocycles. The monoisotopic (exact) mass is 288 g/mol. The van der Waals surface area contributed by atoms with E-state index in [1.54, 1.807) is 11.3 Å². The van der Waals surface area contributed by atoms with E-state index in [2.05, 4.69) is 23.1 Å². The highest BCUT2D eigenvalue weighted by Crippen LogP contribution is 2.41. The Kier molecular flexibility index (Phi) is 2.97. The highest BCUT2D eigenvalue weighted by molar-refractivity contribution is 7.22. The molecule has 1 aliphatic heterocycles. The third-order valence-electron chi connectivity index (χ3n) is 4.98. The second-order valence-corrected chi connectivity index (χ2v) is 7.22. The van der Waals surface area contributed by atoms with Gasteiger partial charge < -0.3 is 10.0 Å². The van der Waals surface area contributed by atoms with Crippen LogP contribution < -0.4 is 4.90 Å². The molecule has 0 spiro atoms. The maximum Gasteiger partial charge on any atom is 0.186 e. The molecule has 1 aliphatic carbocycles. The number of fused-ring (bicyclic) bond motifs is 2. The van der Waals surface area contributed by atoms with Crippen LogP contribution in [0, 0.1) is 5.92 Å². The van der Waals surface area contributed by atoms with E-state index in [0.717, 1.165) is 43.0 Å². The molecule has 106 valence electrons. The van der Waals surface area contributed by atoms with Gasteiger partial charge in [0.25, 0.3) is 0 Å². The summed E-state index contributed by atoms with van der Waals surface area (Å²) in [5.74, 6) is 0.428. The van der Waals surface area contributed by atoms with Crippen LogP contribution >= 0.6 is 11.3 Å². The number of nitrogens with zero attached hydrogens (tertiary/aromatic N) is 2. The Morgan fingerprint density at radius 1 is 1.25 bits per heavy atom. The number of thiazole rings is 1. The van der Waals surface area contributed by atoms with E-state index >= 15 is 0 Å². The maximum atomic E-state index is 10.8. The minimum atomic E-state index is -0.397. The molecule has 0 radical (unpaired) electrons. The van der Waals surface area contributed by atoms with Crippen molar-refractivity contribution in [3.05, 3.63) is 24.3 Å². The van der Waals surface area contributed by atoms with Gasteiger partial charge in [-0.15, -0.1) is 0 Å². The second kappa shape index (κ2) is 4.71. The molecular formula is C16H20N2OS. The topological polar surface area (TPSA) is 36.4 Å². The Labute approximate surface area is 123 Å². The molecule has 4 rings (SSSR count). The first-order valence-corrected chi connectivity index (χ1v) is 8.39. The molecule has 3 nitrogen and oxygen atoms in total. The van der Waals surface area contributed by atoms with Gasteiger partial charge in [-0.25, -0.2) is 4.98 Å². The van der Waals surface area contributed by atoms with Crippen LogP contribution in [-0.2, 0) is 0 Å². The minimum Gasteiger partial charge on any atom is -0.389 e. The number of rotatable bonds is 1. The van der Waals surface area contributed by atoms with Crippen LogP contribution in [0.3, 0.4) is 0 Å². The van der Waals surface area contributed by atoms with Crippen LogP contribution in [0.2, 0.25) is 0 Å². The molecule has 1 aromatic heterocycles. The molecule has 2 aromatic rings. The van der Waals surface area contributed by atoms with E-state index in [1.807, 2.05) is 6.07 Å². The Balaban J connectivity index is 1.60. The number of hydrogen-bond acceptors (Lipinski definition) is 4. The Morgan fingerprint density at radius 3 is 3.05 bits per heavy atom. The molecule has 2 unspecified atom stereocenters. The zero-order valence-electron chi connectivity index (χ0n) is 11.6. The van der Waals surface area contributed by atoms with Crippen molar-refractivity contribution in [3.63, 3.8) is 0 Å². The predicted octanol–water partition coefficient (Wildman–Crippen LogP) is 3.43.